The van der Waals surface area contributed by atoms with Crippen molar-refractivity contribution in [1.82, 2.24) is 0 Å². The van der Waals surface area contributed by atoms with Crippen LogP contribution in [0.5, 0.6) is 0 Å². The average molecular weight is 294 g/mol. The summed E-state index contributed by atoms with van der Waals surface area (Å²) in [4.78, 5) is 0. The molecule has 0 amide bonds. The number of azo groups is 1. The molecule has 0 bridgehead atoms. The van der Waals surface area contributed by atoms with Gasteiger partial charge in [-0.3, -0.25) is 9.11 Å². The van der Waals surface area contributed by atoms with Crippen LogP contribution in [0.25, 0.3) is 0 Å². The lowest BCUT2D eigenvalue weighted by atomic mass is 10.2. The monoisotopic (exact) mass is 294 g/mol. The van der Waals surface area contributed by atoms with E-state index in [9.17, 15) is 0 Å². The fourth-order valence-electron chi connectivity index (χ4n) is 1.22. The lowest BCUT2D eigenvalue weighted by molar-refractivity contribution is 0.381. The van der Waals surface area contributed by atoms with Crippen molar-refractivity contribution in [2.45, 2.75) is 6.92 Å². The molecule has 0 heterocycles. The zero-order valence-electron chi connectivity index (χ0n) is 10.7. The zero-order valence-corrected chi connectivity index (χ0v) is 11.5. The molecule has 2 rings (SSSR count). The maximum Gasteiger partial charge on any atom is 0.394 e. The second-order valence-corrected chi connectivity index (χ2v) is 4.71. The molecule has 0 radical (unpaired) electrons. The molecule has 0 fully saturated rings. The van der Waals surface area contributed by atoms with Crippen molar-refractivity contribution < 1.29 is 17.5 Å². The minimum Gasteiger partial charge on any atom is -0.264 e. The molecule has 106 valence electrons. The number of nitrogens with zero attached hydrogens (tertiary/aromatic N) is 2. The molecule has 2 N–H and O–H groups in total. The van der Waals surface area contributed by atoms with Gasteiger partial charge in [0.25, 0.3) is 0 Å². The molecule has 2 aromatic carbocycles. The van der Waals surface area contributed by atoms with Crippen molar-refractivity contribution >= 4 is 21.8 Å². The number of hydrogen-bond donors (Lipinski definition) is 2. The predicted octanol–water partition coefficient (Wildman–Crippen LogP) is 3.76. The van der Waals surface area contributed by atoms with Crippen LogP contribution in [0.1, 0.15) is 5.56 Å². The summed E-state index contributed by atoms with van der Waals surface area (Å²) in [5.41, 5.74) is 2.98. The van der Waals surface area contributed by atoms with E-state index in [1.807, 2.05) is 54.6 Å². The second kappa shape index (κ2) is 7.49. The molecular formula is C13H14N2O4S. The molecule has 20 heavy (non-hydrogen) atoms. The van der Waals surface area contributed by atoms with Crippen LogP contribution in [-0.4, -0.2) is 17.5 Å². The van der Waals surface area contributed by atoms with E-state index >= 15 is 0 Å². The normalized spacial score (nSPS) is 10.9. The first kappa shape index (κ1) is 16.0. The van der Waals surface area contributed by atoms with Crippen molar-refractivity contribution in [2.24, 2.45) is 10.2 Å². The molecule has 0 saturated carbocycles. The highest BCUT2D eigenvalue weighted by molar-refractivity contribution is 7.79. The number of rotatable bonds is 2. The Morgan fingerprint density at radius 3 is 1.65 bits per heavy atom. The Labute approximate surface area is 117 Å². The third-order valence-electron chi connectivity index (χ3n) is 2.07. The van der Waals surface area contributed by atoms with Crippen LogP contribution < -0.4 is 0 Å². The van der Waals surface area contributed by atoms with Gasteiger partial charge < -0.3 is 0 Å². The van der Waals surface area contributed by atoms with Gasteiger partial charge in [0.1, 0.15) is 0 Å². The molecule has 7 heteroatoms. The summed E-state index contributed by atoms with van der Waals surface area (Å²) in [6.45, 7) is 2.05. The van der Waals surface area contributed by atoms with Crippen molar-refractivity contribution in [3.8, 4) is 0 Å². The highest BCUT2D eigenvalue weighted by Crippen LogP contribution is 2.17. The van der Waals surface area contributed by atoms with Crippen LogP contribution in [-0.2, 0) is 10.4 Å². The Balaban J connectivity index is 0.000000347. The molecule has 0 aliphatic carbocycles. The summed E-state index contributed by atoms with van der Waals surface area (Å²) in [6, 6.07) is 17.7. The van der Waals surface area contributed by atoms with Crippen LogP contribution in [0.4, 0.5) is 11.4 Å². The Hall–Kier alpha value is -2.09. The van der Waals surface area contributed by atoms with Crippen LogP contribution in [0, 0.1) is 6.92 Å². The van der Waals surface area contributed by atoms with E-state index in [1.165, 1.54) is 5.56 Å². The first-order valence-electron chi connectivity index (χ1n) is 5.58. The lowest BCUT2D eigenvalue weighted by Crippen LogP contribution is -1.89. The molecule has 0 atom stereocenters. The number of hydrogen-bond acceptors (Lipinski definition) is 4. The van der Waals surface area contributed by atoms with E-state index in [2.05, 4.69) is 17.2 Å². The van der Waals surface area contributed by atoms with Crippen LogP contribution in [0.15, 0.2) is 64.8 Å². The van der Waals surface area contributed by atoms with Gasteiger partial charge in [0.15, 0.2) is 0 Å². The Kier molecular flexibility index (Phi) is 5.98. The van der Waals surface area contributed by atoms with Gasteiger partial charge >= 0.3 is 10.4 Å². The average Bonchev–Trinajstić information content (AvgIpc) is 2.37. The van der Waals surface area contributed by atoms with E-state index in [0.29, 0.717) is 0 Å². The van der Waals surface area contributed by atoms with Gasteiger partial charge in [0.05, 0.1) is 11.4 Å². The van der Waals surface area contributed by atoms with Gasteiger partial charge in [-0.2, -0.15) is 18.6 Å². The van der Waals surface area contributed by atoms with Gasteiger partial charge in [0, 0.05) is 0 Å². The standard InChI is InChI=1S/C13H12N2.H2O4S/c1-11-7-9-13(10-8-11)15-14-12-5-3-2-4-6-12;1-5(2,3)4/h2-10H,1H3;(H2,1,2,3,4). The minimum absolute atomic E-state index is 0.873. The molecule has 0 unspecified atom stereocenters. The molecular weight excluding hydrogens is 280 g/mol. The zero-order chi connectivity index (χ0) is 15.0. The first-order valence-corrected chi connectivity index (χ1v) is 6.97. The van der Waals surface area contributed by atoms with Crippen molar-refractivity contribution in [3.05, 3.63) is 60.2 Å². The van der Waals surface area contributed by atoms with Crippen LogP contribution in [0.3, 0.4) is 0 Å². The topological polar surface area (TPSA) is 99.3 Å². The number of benzene rings is 2. The molecule has 0 spiro atoms. The minimum atomic E-state index is -4.67. The van der Waals surface area contributed by atoms with Gasteiger partial charge in [-0.15, -0.1) is 0 Å². The van der Waals surface area contributed by atoms with Gasteiger partial charge in [0.2, 0.25) is 0 Å². The maximum atomic E-state index is 8.74. The lowest BCUT2D eigenvalue weighted by Gasteiger charge is -1.93. The fourth-order valence-corrected chi connectivity index (χ4v) is 1.22. The van der Waals surface area contributed by atoms with Gasteiger partial charge in [-0.1, -0.05) is 35.9 Å². The van der Waals surface area contributed by atoms with E-state index in [1.54, 1.807) is 0 Å². The molecule has 0 saturated heterocycles. The Bertz CT molecular complexity index is 645. The van der Waals surface area contributed by atoms with Crippen LogP contribution >= 0.6 is 0 Å². The Morgan fingerprint density at radius 2 is 1.20 bits per heavy atom. The fraction of sp³-hybridized carbons (Fsp3) is 0.0769. The molecule has 2 aromatic rings. The molecule has 0 aliphatic heterocycles. The molecule has 0 aromatic heterocycles. The number of aryl methyl sites for hydroxylation is 1. The maximum absolute atomic E-state index is 8.74. The summed E-state index contributed by atoms with van der Waals surface area (Å²) in [5.74, 6) is 0. The SMILES string of the molecule is Cc1ccc(N=Nc2ccccc2)cc1.O=S(=O)(O)O. The largest absolute Gasteiger partial charge is 0.394 e. The van der Waals surface area contributed by atoms with Crippen molar-refractivity contribution in [2.75, 3.05) is 0 Å². The molecule has 6 nitrogen and oxygen atoms in total. The highest BCUT2D eigenvalue weighted by Gasteiger charge is 1.89. The van der Waals surface area contributed by atoms with E-state index in [0.717, 1.165) is 11.4 Å². The van der Waals surface area contributed by atoms with E-state index in [4.69, 9.17) is 17.5 Å². The summed E-state index contributed by atoms with van der Waals surface area (Å²) in [7, 11) is -4.67. The first-order chi connectivity index (χ1) is 9.34. The summed E-state index contributed by atoms with van der Waals surface area (Å²) in [6.07, 6.45) is 0. The third-order valence-corrected chi connectivity index (χ3v) is 2.07. The van der Waals surface area contributed by atoms with Gasteiger partial charge in [-0.05, 0) is 31.2 Å². The quantitative estimate of drug-likeness (QED) is 0.650. The highest BCUT2D eigenvalue weighted by atomic mass is 32.3. The van der Waals surface area contributed by atoms with Crippen molar-refractivity contribution in [3.63, 3.8) is 0 Å². The third kappa shape index (κ3) is 8.09. The second-order valence-electron chi connectivity index (χ2n) is 3.82. The summed E-state index contributed by atoms with van der Waals surface area (Å²) < 4.78 is 31.6. The van der Waals surface area contributed by atoms with Crippen molar-refractivity contribution in [1.29, 1.82) is 0 Å². The van der Waals surface area contributed by atoms with Crippen LogP contribution in [0.2, 0.25) is 0 Å². The van der Waals surface area contributed by atoms with E-state index < -0.39 is 10.4 Å². The smallest absolute Gasteiger partial charge is 0.264 e. The summed E-state index contributed by atoms with van der Waals surface area (Å²) in [5, 5.41) is 8.27. The van der Waals surface area contributed by atoms with E-state index in [-0.39, 0.29) is 0 Å². The van der Waals surface area contributed by atoms with Gasteiger partial charge in [-0.25, -0.2) is 0 Å². The Morgan fingerprint density at radius 1 is 0.800 bits per heavy atom. The predicted molar refractivity (Wildman–Crippen MR) is 76.0 cm³/mol. The summed E-state index contributed by atoms with van der Waals surface area (Å²) >= 11 is 0. The molecule has 0 aliphatic rings.